The molecule has 0 spiro atoms. The van der Waals surface area contributed by atoms with Gasteiger partial charge in [-0.05, 0) is 36.4 Å². The fourth-order valence-corrected chi connectivity index (χ4v) is 4.90. The number of methoxy groups -OCH3 is 1. The van der Waals surface area contributed by atoms with Crippen molar-refractivity contribution in [3.8, 4) is 17.3 Å². The molecule has 5 aromatic rings. The van der Waals surface area contributed by atoms with Crippen molar-refractivity contribution < 1.29 is 9.53 Å². The predicted molar refractivity (Wildman–Crippen MR) is 144 cm³/mol. The second kappa shape index (κ2) is 10.3. The SMILES string of the molecule is COc1ccccc1N1CCN(C(=O)Cn2cc(Cn3c(-c4ccccn4)nc4ccccc43)nn2)CC1. The topological polar surface area (TPSA) is 94.2 Å². The molecule has 192 valence electrons. The molecule has 0 N–H and O–H groups in total. The van der Waals surface area contributed by atoms with Crippen molar-refractivity contribution in [2.75, 3.05) is 38.2 Å². The molecule has 4 heterocycles. The maximum absolute atomic E-state index is 13.0. The van der Waals surface area contributed by atoms with Crippen LogP contribution in [-0.4, -0.2) is 73.6 Å². The van der Waals surface area contributed by atoms with Crippen LogP contribution in [0.15, 0.2) is 79.1 Å². The van der Waals surface area contributed by atoms with Crippen LogP contribution in [0.25, 0.3) is 22.6 Å². The van der Waals surface area contributed by atoms with Crippen molar-refractivity contribution >= 4 is 22.6 Å². The molecule has 10 heteroatoms. The summed E-state index contributed by atoms with van der Waals surface area (Å²) < 4.78 is 9.20. The van der Waals surface area contributed by atoms with Gasteiger partial charge in [0.2, 0.25) is 5.91 Å². The van der Waals surface area contributed by atoms with E-state index in [-0.39, 0.29) is 12.5 Å². The Morgan fingerprint density at radius 2 is 1.74 bits per heavy atom. The minimum Gasteiger partial charge on any atom is -0.495 e. The summed E-state index contributed by atoms with van der Waals surface area (Å²) in [6.07, 6.45) is 3.59. The molecule has 10 nitrogen and oxygen atoms in total. The third-order valence-electron chi connectivity index (χ3n) is 6.81. The number of pyridine rings is 1. The molecule has 0 atom stereocenters. The molecule has 1 aliphatic rings. The highest BCUT2D eigenvalue weighted by Gasteiger charge is 2.23. The van der Waals surface area contributed by atoms with Crippen LogP contribution in [0.4, 0.5) is 5.69 Å². The Labute approximate surface area is 220 Å². The van der Waals surface area contributed by atoms with Crippen LogP contribution in [0.1, 0.15) is 5.69 Å². The fourth-order valence-electron chi connectivity index (χ4n) is 4.90. The van der Waals surface area contributed by atoms with Crippen molar-refractivity contribution in [2.24, 2.45) is 0 Å². The number of rotatable bonds is 7. The van der Waals surface area contributed by atoms with Crippen molar-refractivity contribution in [1.82, 2.24) is 34.4 Å². The molecule has 3 aromatic heterocycles. The van der Waals surface area contributed by atoms with E-state index in [4.69, 9.17) is 9.72 Å². The smallest absolute Gasteiger partial charge is 0.244 e. The summed E-state index contributed by atoms with van der Waals surface area (Å²) in [7, 11) is 1.68. The summed E-state index contributed by atoms with van der Waals surface area (Å²) in [5.74, 6) is 1.65. The van der Waals surface area contributed by atoms with Gasteiger partial charge in [-0.15, -0.1) is 5.10 Å². The summed E-state index contributed by atoms with van der Waals surface area (Å²) in [4.78, 5) is 26.5. The zero-order valence-electron chi connectivity index (χ0n) is 21.1. The first-order valence-corrected chi connectivity index (χ1v) is 12.6. The van der Waals surface area contributed by atoms with Crippen molar-refractivity contribution in [2.45, 2.75) is 13.1 Å². The van der Waals surface area contributed by atoms with E-state index in [1.165, 1.54) is 0 Å². The number of anilines is 1. The van der Waals surface area contributed by atoms with Crippen LogP contribution >= 0.6 is 0 Å². The number of nitrogens with zero attached hydrogens (tertiary/aromatic N) is 8. The zero-order chi connectivity index (χ0) is 25.9. The first-order valence-electron chi connectivity index (χ1n) is 12.6. The second-order valence-electron chi connectivity index (χ2n) is 9.17. The molecule has 0 radical (unpaired) electrons. The summed E-state index contributed by atoms with van der Waals surface area (Å²) >= 11 is 0. The Morgan fingerprint density at radius 3 is 2.55 bits per heavy atom. The van der Waals surface area contributed by atoms with E-state index in [9.17, 15) is 4.79 Å². The molecular formula is C28H28N8O2. The second-order valence-corrected chi connectivity index (χ2v) is 9.17. The molecule has 1 aliphatic heterocycles. The van der Waals surface area contributed by atoms with Crippen LogP contribution < -0.4 is 9.64 Å². The third kappa shape index (κ3) is 4.68. The van der Waals surface area contributed by atoms with Gasteiger partial charge in [0.25, 0.3) is 0 Å². The lowest BCUT2D eigenvalue weighted by molar-refractivity contribution is -0.132. The maximum Gasteiger partial charge on any atom is 0.244 e. The van der Waals surface area contributed by atoms with Crippen LogP contribution in [0.3, 0.4) is 0 Å². The Bertz CT molecular complexity index is 1550. The number of carbonyl (C=O) groups excluding carboxylic acids is 1. The normalized spacial score (nSPS) is 13.7. The van der Waals surface area contributed by atoms with Crippen molar-refractivity contribution in [3.63, 3.8) is 0 Å². The van der Waals surface area contributed by atoms with E-state index in [1.54, 1.807) is 18.0 Å². The summed E-state index contributed by atoms with van der Waals surface area (Å²) in [6.45, 7) is 3.41. The molecule has 1 amide bonds. The van der Waals surface area contributed by atoms with E-state index < -0.39 is 0 Å². The van der Waals surface area contributed by atoms with Gasteiger partial charge < -0.3 is 19.1 Å². The number of benzene rings is 2. The van der Waals surface area contributed by atoms with Gasteiger partial charge in [0, 0.05) is 32.4 Å². The monoisotopic (exact) mass is 508 g/mol. The average molecular weight is 509 g/mol. The Hall–Kier alpha value is -4.73. The van der Waals surface area contributed by atoms with Crippen molar-refractivity contribution in [3.05, 3.63) is 84.8 Å². The van der Waals surface area contributed by atoms with Crippen LogP contribution in [0.2, 0.25) is 0 Å². The molecule has 1 saturated heterocycles. The van der Waals surface area contributed by atoms with Gasteiger partial charge in [0.1, 0.15) is 23.7 Å². The molecule has 2 aromatic carbocycles. The number of amides is 1. The molecule has 38 heavy (non-hydrogen) atoms. The quantitative estimate of drug-likeness (QED) is 0.333. The van der Waals surface area contributed by atoms with Gasteiger partial charge >= 0.3 is 0 Å². The first kappa shape index (κ1) is 23.7. The molecule has 0 saturated carbocycles. The summed E-state index contributed by atoms with van der Waals surface area (Å²) in [5.41, 5.74) is 4.48. The lowest BCUT2D eigenvalue weighted by Crippen LogP contribution is -2.49. The van der Waals surface area contributed by atoms with Gasteiger partial charge in [-0.25, -0.2) is 9.67 Å². The number of carbonyl (C=O) groups is 1. The molecule has 1 fully saturated rings. The zero-order valence-corrected chi connectivity index (χ0v) is 21.1. The Balaban J connectivity index is 1.13. The highest BCUT2D eigenvalue weighted by atomic mass is 16.5. The largest absolute Gasteiger partial charge is 0.495 e. The summed E-state index contributed by atoms with van der Waals surface area (Å²) in [6, 6.07) is 21.7. The number of para-hydroxylation sites is 4. The van der Waals surface area contributed by atoms with E-state index in [0.717, 1.165) is 52.8 Å². The maximum atomic E-state index is 13.0. The average Bonchev–Trinajstić information content (AvgIpc) is 3.58. The molecule has 0 unspecified atom stereocenters. The van der Waals surface area contributed by atoms with Gasteiger partial charge in [-0.2, -0.15) is 0 Å². The standard InChI is InChI=1S/C28H28N8O2/c1-38-26-12-5-4-11-25(26)33-14-16-34(17-15-33)27(37)20-35-18-21(31-32-35)19-36-24-10-3-2-8-22(24)30-28(36)23-9-6-7-13-29-23/h2-13,18H,14-17,19-20H2,1H3. The van der Waals surface area contributed by atoms with Gasteiger partial charge in [-0.1, -0.05) is 35.5 Å². The van der Waals surface area contributed by atoms with Crippen LogP contribution in [0, 0.1) is 0 Å². The number of imidazole rings is 1. The number of ether oxygens (including phenoxy) is 1. The number of piperazine rings is 1. The van der Waals surface area contributed by atoms with Crippen molar-refractivity contribution in [1.29, 1.82) is 0 Å². The number of hydrogen-bond acceptors (Lipinski definition) is 7. The van der Waals surface area contributed by atoms with E-state index >= 15 is 0 Å². The number of fused-ring (bicyclic) bond motifs is 1. The van der Waals surface area contributed by atoms with Crippen LogP contribution in [-0.2, 0) is 17.9 Å². The molecular weight excluding hydrogens is 480 g/mol. The first-order chi connectivity index (χ1) is 18.7. The van der Waals surface area contributed by atoms with Gasteiger partial charge in [0.15, 0.2) is 5.82 Å². The van der Waals surface area contributed by atoms with Gasteiger partial charge in [-0.3, -0.25) is 9.78 Å². The Kier molecular flexibility index (Phi) is 6.43. The van der Waals surface area contributed by atoms with Crippen LogP contribution in [0.5, 0.6) is 5.75 Å². The molecule has 0 aliphatic carbocycles. The fraction of sp³-hybridized carbons (Fsp3) is 0.250. The lowest BCUT2D eigenvalue weighted by Gasteiger charge is -2.36. The minimum atomic E-state index is 0.0309. The predicted octanol–water partition coefficient (Wildman–Crippen LogP) is 3.10. The van der Waals surface area contributed by atoms with E-state index in [1.807, 2.05) is 71.8 Å². The molecule has 6 rings (SSSR count). The highest BCUT2D eigenvalue weighted by Crippen LogP contribution is 2.28. The van der Waals surface area contributed by atoms with E-state index in [0.29, 0.717) is 19.6 Å². The lowest BCUT2D eigenvalue weighted by atomic mass is 10.2. The van der Waals surface area contributed by atoms with Gasteiger partial charge in [0.05, 0.1) is 36.6 Å². The van der Waals surface area contributed by atoms with E-state index in [2.05, 4.69) is 30.8 Å². The highest BCUT2D eigenvalue weighted by molar-refractivity contribution is 5.80. The number of hydrogen-bond donors (Lipinski definition) is 0. The summed E-state index contributed by atoms with van der Waals surface area (Å²) in [5, 5.41) is 8.59. The molecule has 0 bridgehead atoms. The minimum absolute atomic E-state index is 0.0309. The third-order valence-corrected chi connectivity index (χ3v) is 6.81. The number of aromatic nitrogens is 6. The Morgan fingerprint density at radius 1 is 0.947 bits per heavy atom.